The van der Waals surface area contributed by atoms with Crippen molar-refractivity contribution in [2.45, 2.75) is 6.18 Å². The molecule has 0 fully saturated rings. The molecule has 0 aliphatic carbocycles. The van der Waals surface area contributed by atoms with Gasteiger partial charge in [-0.25, -0.2) is 9.59 Å². The van der Waals surface area contributed by atoms with Crippen molar-refractivity contribution in [3.8, 4) is 10.6 Å². The Morgan fingerprint density at radius 1 is 1.38 bits per heavy atom. The van der Waals surface area contributed by atoms with Gasteiger partial charge in [-0.3, -0.25) is 4.68 Å². The normalized spacial score (nSPS) is 11.4. The molecule has 2 rings (SSSR count). The fourth-order valence-corrected chi connectivity index (χ4v) is 2.42. The molecule has 2 N–H and O–H groups in total. The zero-order chi connectivity index (χ0) is 15.8. The molecule has 6 nitrogen and oxygen atoms in total. The summed E-state index contributed by atoms with van der Waals surface area (Å²) in [6.45, 7) is 0. The lowest BCUT2D eigenvalue weighted by Crippen LogP contribution is -2.17. The number of hydrogen-bond donors (Lipinski definition) is 1. The van der Waals surface area contributed by atoms with Crippen molar-refractivity contribution in [2.24, 2.45) is 12.8 Å². The number of hydrogen-bond acceptors (Lipinski definition) is 5. The van der Waals surface area contributed by atoms with E-state index in [1.165, 1.54) is 19.2 Å². The molecular weight excluding hydrogens is 311 g/mol. The molecule has 2 heterocycles. The minimum Gasteiger partial charge on any atom is -0.372 e. The topological polar surface area (TPSA) is 87.2 Å². The number of aryl methyl sites for hydroxylation is 1. The van der Waals surface area contributed by atoms with Crippen molar-refractivity contribution >= 4 is 23.4 Å². The summed E-state index contributed by atoms with van der Waals surface area (Å²) in [6.07, 6.45) is -5.78. The van der Waals surface area contributed by atoms with Crippen LogP contribution < -0.4 is 5.73 Å². The molecule has 10 heteroatoms. The number of carbonyl (C=O) groups excluding carboxylic acids is 2. The fourth-order valence-electron chi connectivity index (χ4n) is 1.58. The highest BCUT2D eigenvalue weighted by molar-refractivity contribution is 7.17. The second-order valence-electron chi connectivity index (χ2n) is 3.91. The number of esters is 1. The van der Waals surface area contributed by atoms with Gasteiger partial charge >= 0.3 is 18.2 Å². The van der Waals surface area contributed by atoms with Crippen molar-refractivity contribution in [3.05, 3.63) is 28.8 Å². The van der Waals surface area contributed by atoms with Crippen LogP contribution in [0.25, 0.3) is 10.6 Å². The molecule has 1 amide bonds. The highest BCUT2D eigenvalue weighted by atomic mass is 32.1. The minimum absolute atomic E-state index is 0.0306. The zero-order valence-electron chi connectivity index (χ0n) is 10.5. The molecule has 2 aromatic rings. The Bertz CT molecular complexity index is 705. The lowest BCUT2D eigenvalue weighted by atomic mass is 10.3. The zero-order valence-corrected chi connectivity index (χ0v) is 11.3. The van der Waals surface area contributed by atoms with E-state index in [1.54, 1.807) is 0 Å². The first-order chi connectivity index (χ1) is 9.68. The van der Waals surface area contributed by atoms with Crippen molar-refractivity contribution in [1.82, 2.24) is 9.78 Å². The maximum absolute atomic E-state index is 12.7. The van der Waals surface area contributed by atoms with Gasteiger partial charge < -0.3 is 10.5 Å². The molecule has 0 radical (unpaired) electrons. The maximum Gasteiger partial charge on any atom is 0.433 e. The average molecular weight is 319 g/mol. The monoisotopic (exact) mass is 319 g/mol. The Kier molecular flexibility index (Phi) is 3.73. The van der Waals surface area contributed by atoms with Crippen LogP contribution in [-0.2, 0) is 18.0 Å². The van der Waals surface area contributed by atoms with Gasteiger partial charge in [0.05, 0.1) is 4.88 Å². The number of primary amides is 1. The number of ether oxygens (including phenoxy) is 1. The SMILES string of the molecule is Cn1nc(-c2ccc(C(=O)OC(N)=O)s2)cc1C(F)(F)F. The summed E-state index contributed by atoms with van der Waals surface area (Å²) in [7, 11) is 1.17. The van der Waals surface area contributed by atoms with Crippen LogP contribution in [-0.4, -0.2) is 21.8 Å². The van der Waals surface area contributed by atoms with E-state index in [9.17, 15) is 22.8 Å². The summed E-state index contributed by atoms with van der Waals surface area (Å²) in [5.74, 6) is -0.967. The Hall–Kier alpha value is -2.36. The molecule has 0 aliphatic heterocycles. The summed E-state index contributed by atoms with van der Waals surface area (Å²) in [5, 5.41) is 3.74. The summed E-state index contributed by atoms with van der Waals surface area (Å²) >= 11 is 0.843. The average Bonchev–Trinajstić information content (AvgIpc) is 2.92. The highest BCUT2D eigenvalue weighted by Gasteiger charge is 2.35. The van der Waals surface area contributed by atoms with E-state index in [4.69, 9.17) is 5.73 Å². The molecule has 0 aliphatic rings. The second-order valence-corrected chi connectivity index (χ2v) is 4.99. The lowest BCUT2D eigenvalue weighted by Gasteiger charge is -2.04. The molecule has 0 atom stereocenters. The van der Waals surface area contributed by atoms with E-state index in [-0.39, 0.29) is 10.6 Å². The number of nitrogens with zero attached hydrogens (tertiary/aromatic N) is 2. The molecule has 21 heavy (non-hydrogen) atoms. The maximum atomic E-state index is 12.7. The van der Waals surface area contributed by atoms with Gasteiger partial charge in [-0.2, -0.15) is 18.3 Å². The van der Waals surface area contributed by atoms with E-state index < -0.39 is 23.9 Å². The Morgan fingerprint density at radius 2 is 2.05 bits per heavy atom. The third kappa shape index (κ3) is 3.21. The number of nitrogens with two attached hydrogens (primary N) is 1. The van der Waals surface area contributed by atoms with Gasteiger partial charge in [-0.15, -0.1) is 11.3 Å². The van der Waals surface area contributed by atoms with E-state index in [0.29, 0.717) is 9.56 Å². The predicted octanol–water partition coefficient (Wildman–Crippen LogP) is 2.40. The van der Waals surface area contributed by atoms with Gasteiger partial charge in [0.1, 0.15) is 16.3 Å². The molecule has 0 unspecified atom stereocenters. The summed E-state index contributed by atoms with van der Waals surface area (Å²) in [6, 6.07) is 3.59. The number of thiophene rings is 1. The van der Waals surface area contributed by atoms with E-state index in [1.807, 2.05) is 0 Å². The van der Waals surface area contributed by atoms with Crippen LogP contribution in [0.1, 0.15) is 15.4 Å². The third-order valence-electron chi connectivity index (χ3n) is 2.42. The Balaban J connectivity index is 2.30. The van der Waals surface area contributed by atoms with Gasteiger partial charge in [-0.05, 0) is 18.2 Å². The van der Waals surface area contributed by atoms with Crippen LogP contribution in [0.4, 0.5) is 18.0 Å². The highest BCUT2D eigenvalue weighted by Crippen LogP contribution is 2.34. The van der Waals surface area contributed by atoms with Gasteiger partial charge in [-0.1, -0.05) is 0 Å². The summed E-state index contributed by atoms with van der Waals surface area (Å²) < 4.78 is 42.9. The Labute approximate surface area is 119 Å². The largest absolute Gasteiger partial charge is 0.433 e. The fraction of sp³-hybridized carbons (Fsp3) is 0.182. The molecule has 0 saturated carbocycles. The number of carbonyl (C=O) groups is 2. The lowest BCUT2D eigenvalue weighted by molar-refractivity contribution is -0.143. The first-order valence-corrected chi connectivity index (χ1v) is 6.23. The van der Waals surface area contributed by atoms with Crippen molar-refractivity contribution < 1.29 is 27.5 Å². The number of aromatic nitrogens is 2. The summed E-state index contributed by atoms with van der Waals surface area (Å²) in [5.41, 5.74) is 3.85. The van der Waals surface area contributed by atoms with E-state index in [2.05, 4.69) is 9.84 Å². The van der Waals surface area contributed by atoms with Crippen LogP contribution in [0.15, 0.2) is 18.2 Å². The minimum atomic E-state index is -4.52. The molecule has 0 saturated heterocycles. The van der Waals surface area contributed by atoms with Crippen LogP contribution in [0, 0.1) is 0 Å². The molecule has 0 spiro atoms. The molecule has 112 valence electrons. The van der Waals surface area contributed by atoms with Crippen LogP contribution in [0.3, 0.4) is 0 Å². The standard InChI is InChI=1S/C11H8F3N3O3S/c1-17-8(11(12,13)14)4-5(16-17)6-2-3-7(21-6)9(18)20-10(15)19/h2-4H,1H3,(H2,15,19). The summed E-state index contributed by atoms with van der Waals surface area (Å²) in [4.78, 5) is 22.2. The molecule has 0 aromatic carbocycles. The number of amides is 1. The molecular formula is C11H8F3N3O3S. The van der Waals surface area contributed by atoms with Crippen molar-refractivity contribution in [1.29, 1.82) is 0 Å². The second kappa shape index (κ2) is 5.20. The molecule has 2 aromatic heterocycles. The number of rotatable bonds is 2. The predicted molar refractivity (Wildman–Crippen MR) is 66.5 cm³/mol. The van der Waals surface area contributed by atoms with Gasteiger partial charge in [0.25, 0.3) is 0 Å². The quantitative estimate of drug-likeness (QED) is 0.680. The first kappa shape index (κ1) is 15.0. The van der Waals surface area contributed by atoms with E-state index in [0.717, 1.165) is 17.4 Å². The van der Waals surface area contributed by atoms with Crippen molar-refractivity contribution in [3.63, 3.8) is 0 Å². The van der Waals surface area contributed by atoms with Crippen molar-refractivity contribution in [2.75, 3.05) is 0 Å². The number of halogens is 3. The van der Waals surface area contributed by atoms with Gasteiger partial charge in [0.15, 0.2) is 0 Å². The van der Waals surface area contributed by atoms with Gasteiger partial charge in [0, 0.05) is 7.05 Å². The van der Waals surface area contributed by atoms with Crippen LogP contribution >= 0.6 is 11.3 Å². The number of alkyl halides is 3. The molecule has 0 bridgehead atoms. The van der Waals surface area contributed by atoms with E-state index >= 15 is 0 Å². The van der Waals surface area contributed by atoms with Gasteiger partial charge in [0.2, 0.25) is 0 Å². The Morgan fingerprint density at radius 3 is 2.57 bits per heavy atom. The third-order valence-corrected chi connectivity index (χ3v) is 3.51. The first-order valence-electron chi connectivity index (χ1n) is 5.41. The van der Waals surface area contributed by atoms with Crippen LogP contribution in [0.5, 0.6) is 0 Å². The smallest absolute Gasteiger partial charge is 0.372 e. The van der Waals surface area contributed by atoms with Crippen LogP contribution in [0.2, 0.25) is 0 Å².